The zero-order valence-corrected chi connectivity index (χ0v) is 53.7. The minimum atomic E-state index is -0.805. The van der Waals surface area contributed by atoms with Gasteiger partial charge in [0.15, 0.2) is 6.10 Å². The second-order valence-corrected chi connectivity index (χ2v) is 22.7. The van der Waals surface area contributed by atoms with Crippen molar-refractivity contribution in [1.82, 2.24) is 0 Å². The highest BCUT2D eigenvalue weighted by molar-refractivity contribution is 5.71. The largest absolute Gasteiger partial charge is 0.462 e. The van der Waals surface area contributed by atoms with Crippen molar-refractivity contribution in [2.75, 3.05) is 13.2 Å². The van der Waals surface area contributed by atoms with Gasteiger partial charge >= 0.3 is 17.9 Å². The second-order valence-electron chi connectivity index (χ2n) is 22.7. The first-order valence-corrected chi connectivity index (χ1v) is 34.5. The molecule has 0 aromatic rings. The van der Waals surface area contributed by atoms with Gasteiger partial charge in [-0.3, -0.25) is 14.4 Å². The third kappa shape index (κ3) is 66.6. The molecule has 0 amide bonds. The zero-order valence-electron chi connectivity index (χ0n) is 53.7. The Labute approximate surface area is 507 Å². The Balaban J connectivity index is 4.43. The summed E-state index contributed by atoms with van der Waals surface area (Å²) < 4.78 is 16.9. The maximum absolute atomic E-state index is 13.0. The Kier molecular flexibility index (Phi) is 65.8. The summed E-state index contributed by atoms with van der Waals surface area (Å²) in [5.74, 6) is -0.946. The molecule has 0 N–H and O–H groups in total. The second kappa shape index (κ2) is 69.3. The maximum Gasteiger partial charge on any atom is 0.306 e. The van der Waals surface area contributed by atoms with E-state index in [0.717, 1.165) is 128 Å². The van der Waals surface area contributed by atoms with E-state index in [1.165, 1.54) is 148 Å². The lowest BCUT2D eigenvalue weighted by Crippen LogP contribution is -2.30. The van der Waals surface area contributed by atoms with Gasteiger partial charge in [0, 0.05) is 19.3 Å². The van der Waals surface area contributed by atoms with Crippen LogP contribution in [0.1, 0.15) is 323 Å². The van der Waals surface area contributed by atoms with E-state index in [9.17, 15) is 14.4 Å². The van der Waals surface area contributed by atoms with Crippen molar-refractivity contribution in [3.63, 3.8) is 0 Å². The van der Waals surface area contributed by atoms with Crippen LogP contribution in [0.2, 0.25) is 0 Å². The molecule has 0 fully saturated rings. The number of carbonyl (C=O) groups is 3. The Morgan fingerprint density at radius 1 is 0.256 bits per heavy atom. The van der Waals surface area contributed by atoms with Crippen molar-refractivity contribution in [2.24, 2.45) is 0 Å². The fraction of sp³-hybridized carbons (Fsp3) is 0.697. The van der Waals surface area contributed by atoms with Crippen molar-refractivity contribution >= 4 is 17.9 Å². The van der Waals surface area contributed by atoms with Gasteiger partial charge in [0.25, 0.3) is 0 Å². The predicted molar refractivity (Wildman–Crippen MR) is 357 cm³/mol. The van der Waals surface area contributed by atoms with Crippen LogP contribution in [-0.2, 0) is 28.6 Å². The molecule has 0 radical (unpaired) electrons. The summed E-state index contributed by atoms with van der Waals surface area (Å²) in [6.45, 7) is 6.49. The molecule has 0 rings (SSSR count). The molecular weight excluding hydrogens is 1010 g/mol. The Hall–Kier alpha value is -4.19. The van der Waals surface area contributed by atoms with Gasteiger partial charge in [0.1, 0.15) is 13.2 Å². The highest BCUT2D eigenvalue weighted by atomic mass is 16.6. The monoisotopic (exact) mass is 1140 g/mol. The van der Waals surface area contributed by atoms with Crippen LogP contribution < -0.4 is 0 Å². The highest BCUT2D eigenvalue weighted by Gasteiger charge is 2.19. The van der Waals surface area contributed by atoms with Crippen LogP contribution in [0.5, 0.6) is 0 Å². The molecule has 0 saturated carbocycles. The number of hydrogen-bond donors (Lipinski definition) is 0. The molecule has 1 atom stereocenters. The highest BCUT2D eigenvalue weighted by Crippen LogP contribution is 2.17. The third-order valence-corrected chi connectivity index (χ3v) is 14.7. The Morgan fingerprint density at radius 2 is 0.476 bits per heavy atom. The lowest BCUT2D eigenvalue weighted by molar-refractivity contribution is -0.167. The SMILES string of the molecule is CC/C=C\C/C=C\C/C=C\C/C=C\C/C=C\C/C=C\C/C=C\C/C=C\CCCCC(=O)OCC(COC(=O)CCCCCCC/C=C\C/C=C\CCCCC)OC(=O)CCCCCCCCCCCCCCCCCCCCCCCC. The molecule has 6 heteroatoms. The topological polar surface area (TPSA) is 78.9 Å². The third-order valence-electron chi connectivity index (χ3n) is 14.7. The molecule has 0 saturated heterocycles. The fourth-order valence-corrected chi connectivity index (χ4v) is 9.55. The van der Waals surface area contributed by atoms with Crippen LogP contribution in [0.3, 0.4) is 0 Å². The number of ether oxygens (including phenoxy) is 3. The van der Waals surface area contributed by atoms with Gasteiger partial charge in [0.2, 0.25) is 0 Å². The molecule has 0 heterocycles. The van der Waals surface area contributed by atoms with Crippen molar-refractivity contribution in [1.29, 1.82) is 0 Å². The van der Waals surface area contributed by atoms with Gasteiger partial charge in [0.05, 0.1) is 0 Å². The van der Waals surface area contributed by atoms with E-state index in [1.807, 2.05) is 0 Å². The lowest BCUT2D eigenvalue weighted by atomic mass is 10.0. The normalized spacial score (nSPS) is 12.9. The summed E-state index contributed by atoms with van der Waals surface area (Å²) in [5.41, 5.74) is 0. The molecule has 0 spiro atoms. The van der Waals surface area contributed by atoms with E-state index >= 15 is 0 Å². The van der Waals surface area contributed by atoms with E-state index in [2.05, 4.69) is 142 Å². The number of carbonyl (C=O) groups excluding carboxylic acids is 3. The smallest absolute Gasteiger partial charge is 0.306 e. The lowest BCUT2D eigenvalue weighted by Gasteiger charge is -2.18. The molecular formula is C76H128O6. The van der Waals surface area contributed by atoms with Crippen molar-refractivity contribution in [3.8, 4) is 0 Å². The number of allylic oxidation sites excluding steroid dienone is 20. The van der Waals surface area contributed by atoms with E-state index in [0.29, 0.717) is 25.7 Å². The first-order valence-electron chi connectivity index (χ1n) is 34.5. The van der Waals surface area contributed by atoms with Crippen LogP contribution in [0, 0.1) is 0 Å². The van der Waals surface area contributed by atoms with Crippen molar-refractivity contribution in [3.05, 3.63) is 122 Å². The molecule has 0 aromatic heterocycles. The number of hydrogen-bond acceptors (Lipinski definition) is 6. The molecule has 1 unspecified atom stereocenters. The first kappa shape index (κ1) is 77.8. The summed E-state index contributed by atoms with van der Waals surface area (Å²) in [4.78, 5) is 38.4. The van der Waals surface area contributed by atoms with Crippen molar-refractivity contribution < 1.29 is 28.6 Å². The van der Waals surface area contributed by atoms with E-state index in [4.69, 9.17) is 14.2 Å². The predicted octanol–water partition coefficient (Wildman–Crippen LogP) is 23.9. The van der Waals surface area contributed by atoms with Gasteiger partial charge in [-0.15, -0.1) is 0 Å². The first-order chi connectivity index (χ1) is 40.5. The molecule has 0 aliphatic carbocycles. The minimum Gasteiger partial charge on any atom is -0.462 e. The van der Waals surface area contributed by atoms with Gasteiger partial charge in [-0.1, -0.05) is 309 Å². The average Bonchev–Trinajstić information content (AvgIpc) is 3.47. The number of unbranched alkanes of at least 4 members (excludes halogenated alkanes) is 31. The van der Waals surface area contributed by atoms with Gasteiger partial charge in [-0.25, -0.2) is 0 Å². The summed E-state index contributed by atoms with van der Waals surface area (Å²) in [5, 5.41) is 0. The molecule has 468 valence electrons. The van der Waals surface area contributed by atoms with E-state index in [1.54, 1.807) is 0 Å². The summed E-state index contributed by atoms with van der Waals surface area (Å²) >= 11 is 0. The van der Waals surface area contributed by atoms with Crippen LogP contribution in [0.4, 0.5) is 0 Å². The van der Waals surface area contributed by atoms with Crippen molar-refractivity contribution in [2.45, 2.75) is 329 Å². The van der Waals surface area contributed by atoms with Crippen LogP contribution in [0.25, 0.3) is 0 Å². The fourth-order valence-electron chi connectivity index (χ4n) is 9.55. The standard InChI is InChI=1S/C76H128O6/c1-4-7-10-13-16-19-22-25-28-30-32-34-36-37-38-39-40-42-43-45-48-51-54-57-60-63-66-69-75(78)81-72-73(71-80-74(77)68-65-62-59-56-53-50-47-27-24-21-18-15-12-9-6-3)82-76(79)70-67-64-61-58-55-52-49-46-44-41-35-33-31-29-26-23-20-17-14-11-8-5-2/h7,10,16,18-19,21,25,27-28,32,34,37-38,40,42,45,47-48,54,57,73H,4-6,8-9,11-15,17,20,22-24,26,29-31,33,35-36,39,41,43-44,46,49-53,55-56,58-72H2,1-3H3/b10-7-,19-16-,21-18-,28-25-,34-32-,38-37-,42-40-,47-27-,48-45-,57-54-. The van der Waals surface area contributed by atoms with E-state index in [-0.39, 0.29) is 31.1 Å². The average molecular weight is 1140 g/mol. The molecule has 0 aromatic carbocycles. The molecule has 0 bridgehead atoms. The van der Waals surface area contributed by atoms with Crippen LogP contribution in [0.15, 0.2) is 122 Å². The summed E-state index contributed by atoms with van der Waals surface area (Å²) in [7, 11) is 0. The summed E-state index contributed by atoms with van der Waals surface area (Å²) in [6, 6.07) is 0. The van der Waals surface area contributed by atoms with Crippen LogP contribution >= 0.6 is 0 Å². The Bertz CT molecular complexity index is 1690. The maximum atomic E-state index is 13.0. The molecule has 6 nitrogen and oxygen atoms in total. The Morgan fingerprint density at radius 3 is 0.793 bits per heavy atom. The minimum absolute atomic E-state index is 0.0991. The van der Waals surface area contributed by atoms with Gasteiger partial charge < -0.3 is 14.2 Å². The van der Waals surface area contributed by atoms with E-state index < -0.39 is 6.10 Å². The van der Waals surface area contributed by atoms with Gasteiger partial charge in [-0.2, -0.15) is 0 Å². The van der Waals surface area contributed by atoms with Crippen LogP contribution in [-0.4, -0.2) is 37.2 Å². The van der Waals surface area contributed by atoms with Gasteiger partial charge in [-0.05, 0) is 116 Å². The quantitative estimate of drug-likeness (QED) is 0.0261. The molecule has 0 aliphatic heterocycles. The molecule has 0 aliphatic rings. The zero-order chi connectivity index (χ0) is 59.2. The summed E-state index contributed by atoms with van der Waals surface area (Å²) in [6.07, 6.45) is 96.5. The number of esters is 3. The number of rotatable bonds is 62. The molecule has 82 heavy (non-hydrogen) atoms.